The summed E-state index contributed by atoms with van der Waals surface area (Å²) >= 11 is 5.83. The van der Waals surface area contributed by atoms with Crippen molar-refractivity contribution in [1.82, 2.24) is 5.32 Å². The minimum absolute atomic E-state index is 0. The van der Waals surface area contributed by atoms with Crippen LogP contribution in [0.4, 0.5) is 0 Å². The summed E-state index contributed by atoms with van der Waals surface area (Å²) in [6.07, 6.45) is 2.51. The van der Waals surface area contributed by atoms with Gasteiger partial charge in [-0.3, -0.25) is 4.79 Å². The number of nitrogens with two attached hydrogens (primary N) is 1. The van der Waals surface area contributed by atoms with Gasteiger partial charge in [-0.2, -0.15) is 0 Å². The summed E-state index contributed by atoms with van der Waals surface area (Å²) in [6.45, 7) is 2.00. The number of benzene rings is 1. The van der Waals surface area contributed by atoms with Gasteiger partial charge in [0.15, 0.2) is 0 Å². The van der Waals surface area contributed by atoms with Crippen LogP contribution in [0.25, 0.3) is 0 Å². The molecule has 1 aromatic carbocycles. The Kier molecular flexibility index (Phi) is 8.04. The fraction of sp³-hybridized carbons (Fsp3) is 0.533. The van der Waals surface area contributed by atoms with Crippen molar-refractivity contribution in [3.63, 3.8) is 0 Å². The van der Waals surface area contributed by atoms with Gasteiger partial charge >= 0.3 is 0 Å². The Balaban J connectivity index is 0.00000220. The molecule has 1 aromatic rings. The third kappa shape index (κ3) is 5.83. The van der Waals surface area contributed by atoms with Gasteiger partial charge in [-0.25, -0.2) is 0 Å². The van der Waals surface area contributed by atoms with E-state index in [0.717, 1.165) is 29.8 Å². The number of carbonyl (C=O) groups is 1. The lowest BCUT2D eigenvalue weighted by atomic mass is 9.92. The maximum absolute atomic E-state index is 12.0. The van der Waals surface area contributed by atoms with Crippen molar-refractivity contribution in [2.45, 2.75) is 25.3 Å². The molecule has 4 nitrogen and oxygen atoms in total. The number of ether oxygens (including phenoxy) is 1. The van der Waals surface area contributed by atoms with Crippen molar-refractivity contribution >= 4 is 29.9 Å². The third-order valence-electron chi connectivity index (χ3n) is 3.70. The van der Waals surface area contributed by atoms with E-state index in [-0.39, 0.29) is 24.2 Å². The number of hydrogen-bond acceptors (Lipinski definition) is 3. The Morgan fingerprint density at radius 1 is 1.33 bits per heavy atom. The van der Waals surface area contributed by atoms with E-state index in [0.29, 0.717) is 19.8 Å². The maximum Gasteiger partial charge on any atom is 0.237 e. The van der Waals surface area contributed by atoms with Crippen LogP contribution in [0, 0.1) is 5.92 Å². The Morgan fingerprint density at radius 2 is 1.95 bits per heavy atom. The molecule has 0 saturated carbocycles. The Hall–Kier alpha value is -0.810. The van der Waals surface area contributed by atoms with Crippen LogP contribution in [0.15, 0.2) is 24.3 Å². The molecular formula is C15H22Cl2N2O2. The van der Waals surface area contributed by atoms with E-state index in [1.54, 1.807) is 0 Å². The monoisotopic (exact) mass is 332 g/mol. The molecule has 1 aliphatic rings. The molecule has 1 unspecified atom stereocenters. The Bertz CT molecular complexity index is 434. The van der Waals surface area contributed by atoms with Gasteiger partial charge in [0, 0.05) is 24.8 Å². The first-order chi connectivity index (χ1) is 9.66. The summed E-state index contributed by atoms with van der Waals surface area (Å²) < 4.78 is 5.28. The second-order valence-electron chi connectivity index (χ2n) is 5.14. The smallest absolute Gasteiger partial charge is 0.237 e. The van der Waals surface area contributed by atoms with E-state index >= 15 is 0 Å². The maximum atomic E-state index is 12.0. The van der Waals surface area contributed by atoms with E-state index in [1.165, 1.54) is 0 Å². The van der Waals surface area contributed by atoms with Crippen molar-refractivity contribution in [1.29, 1.82) is 0 Å². The predicted octanol–water partition coefficient (Wildman–Crippen LogP) is 2.17. The minimum atomic E-state index is -0.427. The van der Waals surface area contributed by atoms with Crippen LogP contribution < -0.4 is 11.1 Å². The second-order valence-corrected chi connectivity index (χ2v) is 5.58. The zero-order valence-electron chi connectivity index (χ0n) is 11.9. The fourth-order valence-electron chi connectivity index (χ4n) is 2.39. The summed E-state index contributed by atoms with van der Waals surface area (Å²) in [7, 11) is 0. The molecule has 3 N–H and O–H groups in total. The van der Waals surface area contributed by atoms with Crippen LogP contribution in [-0.4, -0.2) is 31.7 Å². The molecule has 0 aliphatic carbocycles. The number of amides is 1. The third-order valence-corrected chi connectivity index (χ3v) is 3.95. The number of rotatable bonds is 5. The summed E-state index contributed by atoms with van der Waals surface area (Å²) in [5.74, 6) is 0.171. The quantitative estimate of drug-likeness (QED) is 0.868. The average Bonchev–Trinajstić information content (AvgIpc) is 2.49. The van der Waals surface area contributed by atoms with Crippen molar-refractivity contribution in [3.8, 4) is 0 Å². The van der Waals surface area contributed by atoms with Crippen LogP contribution in [0.5, 0.6) is 0 Å². The minimum Gasteiger partial charge on any atom is -0.381 e. The highest BCUT2D eigenvalue weighted by molar-refractivity contribution is 6.30. The number of carbonyl (C=O) groups excluding carboxylic acids is 1. The van der Waals surface area contributed by atoms with Crippen LogP contribution in [0.2, 0.25) is 5.02 Å². The second kappa shape index (κ2) is 9.26. The van der Waals surface area contributed by atoms with Crippen molar-refractivity contribution in [3.05, 3.63) is 34.9 Å². The van der Waals surface area contributed by atoms with Gasteiger partial charge in [0.25, 0.3) is 0 Å². The van der Waals surface area contributed by atoms with E-state index < -0.39 is 6.04 Å². The Morgan fingerprint density at radius 3 is 2.57 bits per heavy atom. The highest BCUT2D eigenvalue weighted by Gasteiger charge is 2.26. The van der Waals surface area contributed by atoms with E-state index in [1.807, 2.05) is 24.3 Å². The largest absolute Gasteiger partial charge is 0.381 e. The fourth-order valence-corrected chi connectivity index (χ4v) is 2.51. The average molecular weight is 333 g/mol. The molecule has 1 saturated heterocycles. The molecule has 0 aromatic heterocycles. The zero-order valence-corrected chi connectivity index (χ0v) is 13.5. The van der Waals surface area contributed by atoms with Gasteiger partial charge < -0.3 is 15.8 Å². The van der Waals surface area contributed by atoms with Crippen LogP contribution in [0.3, 0.4) is 0 Å². The normalized spacial score (nSPS) is 16.9. The van der Waals surface area contributed by atoms with E-state index in [4.69, 9.17) is 22.1 Å². The zero-order chi connectivity index (χ0) is 14.4. The van der Waals surface area contributed by atoms with Gasteiger partial charge in [-0.1, -0.05) is 23.7 Å². The molecule has 2 rings (SSSR count). The van der Waals surface area contributed by atoms with Gasteiger partial charge in [-0.05, 0) is 42.9 Å². The number of hydrogen-bond donors (Lipinski definition) is 2. The lowest BCUT2D eigenvalue weighted by Gasteiger charge is -2.26. The standard InChI is InChI=1S/C15H21ClN2O2.ClH/c16-13-3-1-11(2-4-13)5-8-18-15(19)14(17)12-6-9-20-10-7-12;/h1-4,12,14H,5-10,17H2,(H,18,19);1H. The molecule has 0 radical (unpaired) electrons. The lowest BCUT2D eigenvalue weighted by Crippen LogP contribution is -2.47. The first-order valence-electron chi connectivity index (χ1n) is 7.02. The molecule has 1 amide bonds. The summed E-state index contributed by atoms with van der Waals surface area (Å²) in [6, 6.07) is 7.21. The van der Waals surface area contributed by atoms with Gasteiger partial charge in [0.1, 0.15) is 0 Å². The molecular weight excluding hydrogens is 311 g/mol. The topological polar surface area (TPSA) is 64.4 Å². The molecule has 6 heteroatoms. The first kappa shape index (κ1) is 18.2. The molecule has 118 valence electrons. The summed E-state index contributed by atoms with van der Waals surface area (Å²) in [5.41, 5.74) is 7.15. The first-order valence-corrected chi connectivity index (χ1v) is 7.40. The van der Waals surface area contributed by atoms with Crippen molar-refractivity contribution in [2.75, 3.05) is 19.8 Å². The van der Waals surface area contributed by atoms with Gasteiger partial charge in [-0.15, -0.1) is 12.4 Å². The van der Waals surface area contributed by atoms with E-state index in [2.05, 4.69) is 5.32 Å². The molecule has 1 fully saturated rings. The molecule has 1 atom stereocenters. The Labute approximate surface area is 136 Å². The number of nitrogens with one attached hydrogen (secondary N) is 1. The van der Waals surface area contributed by atoms with Crippen LogP contribution in [0.1, 0.15) is 18.4 Å². The molecule has 1 heterocycles. The molecule has 21 heavy (non-hydrogen) atoms. The summed E-state index contributed by atoms with van der Waals surface area (Å²) in [4.78, 5) is 12.0. The van der Waals surface area contributed by atoms with Crippen LogP contribution >= 0.6 is 24.0 Å². The van der Waals surface area contributed by atoms with Gasteiger partial charge in [0.2, 0.25) is 5.91 Å². The highest BCUT2D eigenvalue weighted by Crippen LogP contribution is 2.17. The number of halogens is 2. The van der Waals surface area contributed by atoms with Crippen LogP contribution in [-0.2, 0) is 16.0 Å². The highest BCUT2D eigenvalue weighted by atomic mass is 35.5. The predicted molar refractivity (Wildman–Crippen MR) is 86.9 cm³/mol. The SMILES string of the molecule is Cl.NC(C(=O)NCCc1ccc(Cl)cc1)C1CCOCC1. The van der Waals surface area contributed by atoms with Gasteiger partial charge in [0.05, 0.1) is 6.04 Å². The molecule has 0 bridgehead atoms. The summed E-state index contributed by atoms with van der Waals surface area (Å²) in [5, 5.41) is 3.63. The lowest BCUT2D eigenvalue weighted by molar-refractivity contribution is -0.124. The van der Waals surface area contributed by atoms with Crippen molar-refractivity contribution in [2.24, 2.45) is 11.7 Å². The molecule has 1 aliphatic heterocycles. The van der Waals surface area contributed by atoms with Crippen molar-refractivity contribution < 1.29 is 9.53 Å². The molecule has 0 spiro atoms. The van der Waals surface area contributed by atoms with E-state index in [9.17, 15) is 4.79 Å².